The van der Waals surface area contributed by atoms with E-state index < -0.39 is 0 Å². The average molecular weight is 438 g/mol. The second kappa shape index (κ2) is 10.3. The number of amides is 2. The van der Waals surface area contributed by atoms with Crippen LogP contribution in [0, 0.1) is 13.8 Å². The van der Waals surface area contributed by atoms with Crippen molar-refractivity contribution < 1.29 is 9.59 Å². The number of hydrogen-bond donors (Lipinski definition) is 2. The molecule has 1 heterocycles. The number of nitrogens with zero attached hydrogens (tertiary/aromatic N) is 3. The lowest BCUT2D eigenvalue weighted by Gasteiger charge is -2.15. The summed E-state index contributed by atoms with van der Waals surface area (Å²) >= 11 is 1.33. The molecule has 0 bridgehead atoms. The van der Waals surface area contributed by atoms with Crippen LogP contribution in [0.25, 0.3) is 0 Å². The zero-order valence-electron chi connectivity index (χ0n) is 18.2. The quantitative estimate of drug-likeness (QED) is 0.517. The summed E-state index contributed by atoms with van der Waals surface area (Å²) in [6.07, 6.45) is 0. The van der Waals surface area contributed by atoms with Crippen molar-refractivity contribution in [2.75, 3.05) is 11.1 Å². The second-order valence-electron chi connectivity index (χ2n) is 7.25. The first-order valence-corrected chi connectivity index (χ1v) is 11.2. The van der Waals surface area contributed by atoms with Crippen molar-refractivity contribution in [3.8, 4) is 0 Å². The van der Waals surface area contributed by atoms with Gasteiger partial charge in [-0.3, -0.25) is 9.59 Å². The molecule has 1 aromatic heterocycles. The molecule has 0 saturated heterocycles. The number of para-hydroxylation sites is 1. The first-order valence-electron chi connectivity index (χ1n) is 10.2. The summed E-state index contributed by atoms with van der Waals surface area (Å²) in [5.74, 6) is 0.613. The molecule has 0 fully saturated rings. The number of benzene rings is 2. The van der Waals surface area contributed by atoms with Crippen LogP contribution >= 0.6 is 11.8 Å². The van der Waals surface area contributed by atoms with Gasteiger partial charge >= 0.3 is 0 Å². The molecule has 0 spiro atoms. The lowest BCUT2D eigenvalue weighted by Crippen LogP contribution is -2.28. The third-order valence-corrected chi connectivity index (χ3v) is 5.88. The van der Waals surface area contributed by atoms with Gasteiger partial charge in [0.1, 0.15) is 0 Å². The number of hydrogen-bond acceptors (Lipinski definition) is 5. The zero-order chi connectivity index (χ0) is 22.4. The van der Waals surface area contributed by atoms with Crippen molar-refractivity contribution in [1.29, 1.82) is 0 Å². The Morgan fingerprint density at radius 1 is 1.03 bits per heavy atom. The molecule has 0 aliphatic heterocycles. The Morgan fingerprint density at radius 2 is 1.71 bits per heavy atom. The van der Waals surface area contributed by atoms with Gasteiger partial charge in [-0.2, -0.15) is 0 Å². The van der Waals surface area contributed by atoms with Crippen molar-refractivity contribution in [3.63, 3.8) is 0 Å². The van der Waals surface area contributed by atoms with Crippen molar-refractivity contribution in [2.24, 2.45) is 0 Å². The molecule has 7 nitrogen and oxygen atoms in total. The third kappa shape index (κ3) is 5.52. The molecule has 0 unspecified atom stereocenters. The van der Waals surface area contributed by atoms with Crippen molar-refractivity contribution in [1.82, 2.24) is 20.1 Å². The van der Waals surface area contributed by atoms with Crippen LogP contribution in [0.1, 0.15) is 47.2 Å². The summed E-state index contributed by atoms with van der Waals surface area (Å²) in [6, 6.07) is 14.6. The Morgan fingerprint density at radius 3 is 2.35 bits per heavy atom. The minimum Gasteiger partial charge on any atom is -0.342 e. The van der Waals surface area contributed by atoms with Gasteiger partial charge in [0.2, 0.25) is 5.91 Å². The number of thioether (sulfide) groups is 1. The molecule has 0 saturated carbocycles. The molecule has 1 atom stereocenters. The molecular formula is C23H27N5O2S. The number of carbonyl (C=O) groups is 2. The molecule has 162 valence electrons. The van der Waals surface area contributed by atoms with Crippen LogP contribution in [0.2, 0.25) is 0 Å². The largest absolute Gasteiger partial charge is 0.342 e. The number of rotatable bonds is 8. The predicted octanol–water partition coefficient (Wildman–Crippen LogP) is 4.14. The van der Waals surface area contributed by atoms with Crippen molar-refractivity contribution >= 4 is 29.3 Å². The van der Waals surface area contributed by atoms with Crippen LogP contribution in [0.4, 0.5) is 5.69 Å². The zero-order valence-corrected chi connectivity index (χ0v) is 19.0. The van der Waals surface area contributed by atoms with E-state index in [1.807, 2.05) is 68.7 Å². The van der Waals surface area contributed by atoms with Crippen LogP contribution in [-0.4, -0.2) is 32.3 Å². The monoisotopic (exact) mass is 437 g/mol. The molecule has 3 aromatic rings. The SMILES string of the molecule is CCn1c(SCC(=O)Nc2c(C)cccc2C)nnc1[C@H](C)NC(=O)c1ccccc1. The molecular weight excluding hydrogens is 410 g/mol. The summed E-state index contributed by atoms with van der Waals surface area (Å²) in [5.41, 5.74) is 3.50. The highest BCUT2D eigenvalue weighted by molar-refractivity contribution is 7.99. The lowest BCUT2D eigenvalue weighted by atomic mass is 10.1. The lowest BCUT2D eigenvalue weighted by molar-refractivity contribution is -0.113. The van der Waals surface area contributed by atoms with E-state index >= 15 is 0 Å². The maximum absolute atomic E-state index is 12.5. The summed E-state index contributed by atoms with van der Waals surface area (Å²) < 4.78 is 1.92. The maximum atomic E-state index is 12.5. The minimum atomic E-state index is -0.321. The highest BCUT2D eigenvalue weighted by atomic mass is 32.2. The molecule has 0 aliphatic carbocycles. The van der Waals surface area contributed by atoms with Crippen LogP contribution in [0.3, 0.4) is 0 Å². The Balaban J connectivity index is 1.64. The summed E-state index contributed by atoms with van der Waals surface area (Å²) in [5, 5.41) is 15.1. The Hall–Kier alpha value is -3.13. The van der Waals surface area contributed by atoms with Crippen molar-refractivity contribution in [2.45, 2.75) is 45.4 Å². The van der Waals surface area contributed by atoms with Crippen LogP contribution in [0.5, 0.6) is 0 Å². The van der Waals surface area contributed by atoms with Gasteiger partial charge in [0.05, 0.1) is 11.8 Å². The van der Waals surface area contributed by atoms with Crippen LogP contribution in [-0.2, 0) is 11.3 Å². The van der Waals surface area contributed by atoms with E-state index in [0.717, 1.165) is 16.8 Å². The first kappa shape index (κ1) is 22.6. The Kier molecular flexibility index (Phi) is 7.46. The molecule has 8 heteroatoms. The van der Waals surface area contributed by atoms with Gasteiger partial charge in [0, 0.05) is 17.8 Å². The Bertz CT molecular complexity index is 1040. The summed E-state index contributed by atoms with van der Waals surface area (Å²) in [4.78, 5) is 24.9. The molecule has 2 aromatic carbocycles. The van der Waals surface area contributed by atoms with Crippen LogP contribution in [0.15, 0.2) is 53.7 Å². The molecule has 31 heavy (non-hydrogen) atoms. The van der Waals surface area contributed by atoms with Gasteiger partial charge in [0.25, 0.3) is 5.91 Å². The van der Waals surface area contributed by atoms with E-state index in [1.54, 1.807) is 12.1 Å². The second-order valence-corrected chi connectivity index (χ2v) is 8.19. The highest BCUT2D eigenvalue weighted by Gasteiger charge is 2.20. The number of nitrogens with one attached hydrogen (secondary N) is 2. The van der Waals surface area contributed by atoms with Crippen molar-refractivity contribution in [3.05, 3.63) is 71.0 Å². The number of anilines is 1. The van der Waals surface area contributed by atoms with E-state index in [2.05, 4.69) is 20.8 Å². The topological polar surface area (TPSA) is 88.9 Å². The Labute approximate surface area is 186 Å². The first-order chi connectivity index (χ1) is 14.9. The minimum absolute atomic E-state index is 0.0972. The van der Waals surface area contributed by atoms with Gasteiger partial charge < -0.3 is 15.2 Å². The van der Waals surface area contributed by atoms with Gasteiger partial charge in [-0.25, -0.2) is 0 Å². The van der Waals surface area contributed by atoms with E-state index in [9.17, 15) is 9.59 Å². The number of aromatic nitrogens is 3. The summed E-state index contributed by atoms with van der Waals surface area (Å²) in [6.45, 7) is 8.44. The fourth-order valence-electron chi connectivity index (χ4n) is 3.28. The smallest absolute Gasteiger partial charge is 0.251 e. The standard InChI is InChI=1S/C23H27N5O2S/c1-5-28-21(17(4)24-22(30)18-12-7-6-8-13-18)26-27-23(28)31-14-19(29)25-20-15(2)10-9-11-16(20)3/h6-13,17H,5,14H2,1-4H3,(H,24,30)(H,25,29)/t17-/m0/s1. The highest BCUT2D eigenvalue weighted by Crippen LogP contribution is 2.23. The predicted molar refractivity (Wildman–Crippen MR) is 123 cm³/mol. The van der Waals surface area contributed by atoms with Crippen LogP contribution < -0.4 is 10.6 Å². The molecule has 2 N–H and O–H groups in total. The van der Waals surface area contributed by atoms with Gasteiger partial charge in [-0.1, -0.05) is 48.2 Å². The number of carbonyl (C=O) groups excluding carboxylic acids is 2. The molecule has 0 radical (unpaired) electrons. The molecule has 2 amide bonds. The summed E-state index contributed by atoms with van der Waals surface area (Å²) in [7, 11) is 0. The third-order valence-electron chi connectivity index (χ3n) is 4.91. The van der Waals surface area contributed by atoms with Gasteiger partial charge in [-0.05, 0) is 51.0 Å². The molecule has 3 rings (SSSR count). The van der Waals surface area contributed by atoms with E-state index in [1.165, 1.54) is 11.8 Å². The fraction of sp³-hybridized carbons (Fsp3) is 0.304. The normalized spacial score (nSPS) is 11.7. The van der Waals surface area contributed by atoms with Gasteiger partial charge in [-0.15, -0.1) is 10.2 Å². The van der Waals surface area contributed by atoms with Gasteiger partial charge in [0.15, 0.2) is 11.0 Å². The van der Waals surface area contributed by atoms with E-state index in [4.69, 9.17) is 0 Å². The molecule has 0 aliphatic rings. The fourth-order valence-corrected chi connectivity index (χ4v) is 4.09. The number of aryl methyl sites for hydroxylation is 2. The maximum Gasteiger partial charge on any atom is 0.251 e. The van der Waals surface area contributed by atoms with E-state index in [0.29, 0.717) is 23.1 Å². The average Bonchev–Trinajstić information content (AvgIpc) is 3.18. The van der Waals surface area contributed by atoms with E-state index in [-0.39, 0.29) is 23.6 Å².